The van der Waals surface area contributed by atoms with Gasteiger partial charge in [0.2, 0.25) is 0 Å². The summed E-state index contributed by atoms with van der Waals surface area (Å²) in [4.78, 5) is 3.37. The number of benzene rings is 2. The fourth-order valence-electron chi connectivity index (χ4n) is 4.23. The van der Waals surface area contributed by atoms with E-state index in [4.69, 9.17) is 5.41 Å². The minimum absolute atomic E-state index is 0.0389. The van der Waals surface area contributed by atoms with Gasteiger partial charge < -0.3 is 10.4 Å². The molecular formula is C41H62N2. The molecule has 0 saturated carbocycles. The Hall–Kier alpha value is -3.39. The monoisotopic (exact) mass is 582 g/mol. The molecular weight excluding hydrogens is 520 g/mol. The van der Waals surface area contributed by atoms with Crippen LogP contribution in [0.5, 0.6) is 0 Å². The van der Waals surface area contributed by atoms with Crippen molar-refractivity contribution in [3.05, 3.63) is 113 Å². The summed E-state index contributed by atoms with van der Waals surface area (Å²) >= 11 is 0. The highest BCUT2D eigenvalue weighted by atomic mass is 14.7. The Labute approximate surface area is 266 Å². The first-order valence-electron chi connectivity index (χ1n) is 16.3. The highest BCUT2D eigenvalue weighted by Crippen LogP contribution is 2.29. The van der Waals surface area contributed by atoms with Gasteiger partial charge in [-0.3, -0.25) is 0 Å². The van der Waals surface area contributed by atoms with Gasteiger partial charge in [0, 0.05) is 23.7 Å². The van der Waals surface area contributed by atoms with E-state index in [1.165, 1.54) is 51.7 Å². The molecule has 43 heavy (non-hydrogen) atoms. The molecule has 0 bridgehead atoms. The van der Waals surface area contributed by atoms with Gasteiger partial charge in [-0.15, -0.1) is 0 Å². The summed E-state index contributed by atoms with van der Waals surface area (Å²) in [6.45, 7) is 27.5. The van der Waals surface area contributed by atoms with Crippen molar-refractivity contribution in [2.75, 3.05) is 0 Å². The molecule has 0 spiro atoms. The molecule has 2 heteroatoms. The Bertz CT molecular complexity index is 1280. The van der Waals surface area contributed by atoms with Crippen LogP contribution in [0.1, 0.15) is 118 Å². The van der Waals surface area contributed by atoms with Crippen molar-refractivity contribution in [3.63, 3.8) is 0 Å². The SMILES string of the molecule is CC.CC.CC(C)(C)/C(C=N)=C/Cc1cccc(C2=CC=CC2)c1.CCC.Cc1ccccc1-c1cc(C(C)(C)C)c[nH]1. The quantitative estimate of drug-likeness (QED) is 0.281. The van der Waals surface area contributed by atoms with Crippen LogP contribution >= 0.6 is 0 Å². The summed E-state index contributed by atoms with van der Waals surface area (Å²) in [5.41, 5.74) is 10.5. The van der Waals surface area contributed by atoms with Crippen molar-refractivity contribution >= 4 is 11.8 Å². The number of aromatic nitrogens is 1. The smallest absolute Gasteiger partial charge is 0.0459 e. The fraction of sp³-hybridized carbons (Fsp3) is 0.439. The lowest BCUT2D eigenvalue weighted by atomic mass is 9.86. The first-order chi connectivity index (χ1) is 20.4. The summed E-state index contributed by atoms with van der Waals surface area (Å²) in [7, 11) is 0. The minimum Gasteiger partial charge on any atom is -0.361 e. The zero-order chi connectivity index (χ0) is 33.1. The van der Waals surface area contributed by atoms with Gasteiger partial charge in [0.1, 0.15) is 0 Å². The van der Waals surface area contributed by atoms with Crippen LogP contribution in [0.3, 0.4) is 0 Å². The molecule has 0 atom stereocenters. The average molecular weight is 583 g/mol. The van der Waals surface area contributed by atoms with Gasteiger partial charge in [-0.05, 0) is 70.1 Å². The van der Waals surface area contributed by atoms with Gasteiger partial charge in [0.15, 0.2) is 0 Å². The Morgan fingerprint density at radius 1 is 0.884 bits per heavy atom. The molecule has 0 saturated heterocycles. The minimum atomic E-state index is 0.0389. The molecule has 236 valence electrons. The van der Waals surface area contributed by atoms with Crippen molar-refractivity contribution in [2.24, 2.45) is 5.41 Å². The van der Waals surface area contributed by atoms with E-state index in [9.17, 15) is 0 Å². The molecule has 2 nitrogen and oxygen atoms in total. The van der Waals surface area contributed by atoms with Crippen LogP contribution in [0.15, 0.2) is 90.7 Å². The van der Waals surface area contributed by atoms with E-state index >= 15 is 0 Å². The molecule has 0 amide bonds. The Balaban J connectivity index is 0.000000689. The molecule has 3 aromatic rings. The molecule has 0 unspecified atom stereocenters. The van der Waals surface area contributed by atoms with Crippen molar-refractivity contribution in [2.45, 2.75) is 115 Å². The molecule has 2 aromatic carbocycles. The third-order valence-electron chi connectivity index (χ3n) is 6.63. The zero-order valence-corrected chi connectivity index (χ0v) is 29.8. The lowest BCUT2D eigenvalue weighted by molar-refractivity contribution is 0.524. The van der Waals surface area contributed by atoms with Crippen LogP contribution in [0.4, 0.5) is 0 Å². The van der Waals surface area contributed by atoms with Gasteiger partial charge in [-0.1, -0.05) is 162 Å². The second-order valence-electron chi connectivity index (χ2n) is 12.4. The van der Waals surface area contributed by atoms with Crippen LogP contribution in [0.2, 0.25) is 0 Å². The molecule has 1 aromatic heterocycles. The zero-order valence-electron chi connectivity index (χ0n) is 29.8. The van der Waals surface area contributed by atoms with Crippen LogP contribution < -0.4 is 0 Å². The fourth-order valence-corrected chi connectivity index (χ4v) is 4.23. The number of nitrogens with one attached hydrogen (secondary N) is 2. The lowest BCUT2D eigenvalue weighted by Crippen LogP contribution is -2.10. The van der Waals surface area contributed by atoms with E-state index in [1.54, 1.807) is 0 Å². The Kier molecular flexibility index (Phi) is 18.9. The van der Waals surface area contributed by atoms with Gasteiger partial charge in [-0.2, -0.15) is 0 Å². The third-order valence-corrected chi connectivity index (χ3v) is 6.63. The van der Waals surface area contributed by atoms with Gasteiger partial charge in [-0.25, -0.2) is 0 Å². The van der Waals surface area contributed by atoms with Crippen molar-refractivity contribution in [1.82, 2.24) is 4.98 Å². The standard InChI is InChI=1S/C19H23N.C15H19N.C3H8.2C2H6/c1-19(2,3)18(14-20)12-11-15-7-6-10-17(13-15)16-8-4-5-9-16;1-11-7-5-6-8-13(11)14-9-12(10-16-14)15(2,3)4;1-3-2;2*1-2/h4-8,10,12-14,20H,9,11H2,1-3H3;5-10,16H,1-4H3;3H2,1-2H3;2*1-2H3/b18-12+,20-14?;;;;. The van der Waals surface area contributed by atoms with Crippen molar-refractivity contribution < 1.29 is 0 Å². The van der Waals surface area contributed by atoms with Crippen molar-refractivity contribution in [1.29, 1.82) is 5.41 Å². The normalized spacial score (nSPS) is 12.2. The molecule has 1 aliphatic rings. The van der Waals surface area contributed by atoms with Crippen LogP contribution in [-0.4, -0.2) is 11.2 Å². The van der Waals surface area contributed by atoms with Gasteiger partial charge in [0.25, 0.3) is 0 Å². The number of hydrogen-bond acceptors (Lipinski definition) is 1. The number of H-pyrrole nitrogens is 1. The second-order valence-corrected chi connectivity index (χ2v) is 12.4. The Morgan fingerprint density at radius 2 is 1.51 bits per heavy atom. The van der Waals surface area contributed by atoms with Crippen molar-refractivity contribution in [3.8, 4) is 11.3 Å². The van der Waals surface area contributed by atoms with Crippen LogP contribution in [0, 0.1) is 17.7 Å². The molecule has 2 N–H and O–H groups in total. The van der Waals surface area contributed by atoms with E-state index in [-0.39, 0.29) is 10.8 Å². The molecule has 4 rings (SSSR count). The predicted molar refractivity (Wildman–Crippen MR) is 197 cm³/mol. The number of aromatic amines is 1. The first-order valence-corrected chi connectivity index (χ1v) is 16.3. The van der Waals surface area contributed by atoms with Gasteiger partial charge in [0.05, 0.1) is 0 Å². The van der Waals surface area contributed by atoms with Crippen LogP contribution in [-0.2, 0) is 11.8 Å². The maximum absolute atomic E-state index is 7.55. The van der Waals surface area contributed by atoms with E-state index in [0.717, 1.165) is 18.4 Å². The summed E-state index contributed by atoms with van der Waals surface area (Å²) < 4.78 is 0. The summed E-state index contributed by atoms with van der Waals surface area (Å²) in [5, 5.41) is 7.55. The van der Waals surface area contributed by atoms with E-state index in [1.807, 2.05) is 27.7 Å². The summed E-state index contributed by atoms with van der Waals surface area (Å²) in [5.74, 6) is 0. The second kappa shape index (κ2) is 20.5. The van der Waals surface area contributed by atoms with E-state index in [0.29, 0.717) is 0 Å². The summed E-state index contributed by atoms with van der Waals surface area (Å²) in [6, 6.07) is 19.4. The maximum Gasteiger partial charge on any atom is 0.0459 e. The van der Waals surface area contributed by atoms with Crippen LogP contribution in [0.25, 0.3) is 16.8 Å². The number of rotatable bonds is 5. The molecule has 0 aliphatic heterocycles. The third kappa shape index (κ3) is 14.1. The number of allylic oxidation sites excluding steroid dienone is 6. The molecule has 0 radical (unpaired) electrons. The van der Waals surface area contributed by atoms with E-state index in [2.05, 4.69) is 152 Å². The largest absolute Gasteiger partial charge is 0.361 e. The summed E-state index contributed by atoms with van der Waals surface area (Å²) in [6.07, 6.45) is 15.4. The molecule has 0 fully saturated rings. The maximum atomic E-state index is 7.55. The van der Waals surface area contributed by atoms with Gasteiger partial charge >= 0.3 is 0 Å². The highest BCUT2D eigenvalue weighted by Gasteiger charge is 2.16. The Morgan fingerprint density at radius 3 is 2.00 bits per heavy atom. The molecule has 1 heterocycles. The number of aryl methyl sites for hydroxylation is 1. The van der Waals surface area contributed by atoms with E-state index < -0.39 is 0 Å². The topological polar surface area (TPSA) is 39.6 Å². The highest BCUT2D eigenvalue weighted by molar-refractivity contribution is 5.77. The number of hydrogen-bond donors (Lipinski definition) is 2. The predicted octanol–water partition coefficient (Wildman–Crippen LogP) is 13.0. The molecule has 1 aliphatic carbocycles. The average Bonchev–Trinajstić information content (AvgIpc) is 3.70. The first kappa shape index (κ1) is 39.6. The lowest BCUT2D eigenvalue weighted by Gasteiger charge is -2.19.